The van der Waals surface area contributed by atoms with Crippen LogP contribution >= 0.6 is 27.5 Å². The van der Waals surface area contributed by atoms with Gasteiger partial charge >= 0.3 is 5.97 Å². The highest BCUT2D eigenvalue weighted by molar-refractivity contribution is 9.10. The van der Waals surface area contributed by atoms with Gasteiger partial charge in [0.1, 0.15) is 6.04 Å². The number of para-hydroxylation sites is 1. The first kappa shape index (κ1) is 23.7. The second-order valence-corrected chi connectivity index (χ2v) is 8.99. The number of Topliss-reactive ketones (excluding diaryl/α,β-unsaturated/α-hetero) is 1. The average Bonchev–Trinajstić information content (AvgIpc) is 3.25. The summed E-state index contributed by atoms with van der Waals surface area (Å²) in [6.45, 7) is -0.445. The van der Waals surface area contributed by atoms with Crippen LogP contribution in [0.2, 0.25) is 5.02 Å². The van der Waals surface area contributed by atoms with E-state index in [2.05, 4.69) is 26.2 Å². The Morgan fingerprint density at radius 2 is 1.62 bits per heavy atom. The highest BCUT2D eigenvalue weighted by Crippen LogP contribution is 2.20. The number of nitrogens with one attached hydrogen (secondary N) is 2. The zero-order valence-corrected chi connectivity index (χ0v) is 20.2. The smallest absolute Gasteiger partial charge is 0.329 e. The number of ketones is 1. The predicted molar refractivity (Wildman–Crippen MR) is 134 cm³/mol. The minimum Gasteiger partial charge on any atom is -0.456 e. The zero-order chi connectivity index (χ0) is 24.1. The fourth-order valence-electron chi connectivity index (χ4n) is 3.51. The Labute approximate surface area is 209 Å². The van der Waals surface area contributed by atoms with E-state index in [1.807, 2.05) is 24.3 Å². The summed E-state index contributed by atoms with van der Waals surface area (Å²) in [7, 11) is 0. The number of carbonyl (C=O) groups excluding carboxylic acids is 3. The lowest BCUT2D eigenvalue weighted by Gasteiger charge is -2.18. The monoisotopic (exact) mass is 538 g/mol. The summed E-state index contributed by atoms with van der Waals surface area (Å²) in [5.41, 5.74) is 2.54. The van der Waals surface area contributed by atoms with Gasteiger partial charge in [0.15, 0.2) is 12.4 Å². The first-order valence-corrected chi connectivity index (χ1v) is 11.6. The maximum atomic E-state index is 13.0. The fourth-order valence-corrected chi connectivity index (χ4v) is 3.90. The van der Waals surface area contributed by atoms with Gasteiger partial charge in [-0.25, -0.2) is 4.79 Å². The molecule has 0 radical (unpaired) electrons. The molecule has 0 saturated heterocycles. The molecule has 1 atom stereocenters. The van der Waals surface area contributed by atoms with Crippen LogP contribution in [0.3, 0.4) is 0 Å². The Kier molecular flexibility index (Phi) is 7.45. The van der Waals surface area contributed by atoms with Crippen molar-refractivity contribution in [3.63, 3.8) is 0 Å². The van der Waals surface area contributed by atoms with Crippen molar-refractivity contribution in [1.29, 1.82) is 0 Å². The number of amides is 1. The van der Waals surface area contributed by atoms with Crippen LogP contribution in [0.25, 0.3) is 10.9 Å². The summed E-state index contributed by atoms with van der Waals surface area (Å²) < 4.78 is 6.15. The number of halogens is 2. The standard InChI is InChI=1S/C26H20BrClN2O4/c27-19-9-5-17(6-10-19)25(32)30-23(13-18-14-29-22-4-2-1-3-21(18)22)26(33)34-15-24(31)16-7-11-20(28)12-8-16/h1-12,14,23,29H,13,15H2,(H,30,32)/t23-/m0/s1. The molecule has 2 N–H and O–H groups in total. The molecule has 172 valence electrons. The van der Waals surface area contributed by atoms with Gasteiger partial charge in [-0.2, -0.15) is 0 Å². The minimum atomic E-state index is -0.992. The van der Waals surface area contributed by atoms with E-state index in [4.69, 9.17) is 16.3 Å². The van der Waals surface area contributed by atoms with Crippen molar-refractivity contribution in [2.45, 2.75) is 12.5 Å². The first-order chi connectivity index (χ1) is 16.4. The van der Waals surface area contributed by atoms with Gasteiger partial charge in [0, 0.05) is 44.1 Å². The Morgan fingerprint density at radius 3 is 2.35 bits per heavy atom. The first-order valence-electron chi connectivity index (χ1n) is 10.5. The third kappa shape index (κ3) is 5.73. The van der Waals surface area contributed by atoms with Crippen molar-refractivity contribution < 1.29 is 19.1 Å². The quantitative estimate of drug-likeness (QED) is 0.233. The molecule has 0 aliphatic rings. The second kappa shape index (κ2) is 10.7. The van der Waals surface area contributed by atoms with Crippen molar-refractivity contribution in [1.82, 2.24) is 10.3 Å². The van der Waals surface area contributed by atoms with Gasteiger partial charge in [0.05, 0.1) is 0 Å². The number of hydrogen-bond acceptors (Lipinski definition) is 4. The molecule has 4 aromatic rings. The Morgan fingerprint density at radius 1 is 0.941 bits per heavy atom. The number of aromatic nitrogens is 1. The number of esters is 1. The lowest BCUT2D eigenvalue weighted by molar-refractivity contribution is -0.144. The van der Waals surface area contributed by atoms with Gasteiger partial charge < -0.3 is 15.0 Å². The van der Waals surface area contributed by atoms with E-state index in [1.54, 1.807) is 54.7 Å². The number of aromatic amines is 1. The number of hydrogen-bond donors (Lipinski definition) is 2. The summed E-state index contributed by atoms with van der Waals surface area (Å²) in [5.74, 6) is -1.48. The molecular weight excluding hydrogens is 520 g/mol. The van der Waals surface area contributed by atoms with Gasteiger partial charge in [-0.05, 0) is 60.2 Å². The summed E-state index contributed by atoms with van der Waals surface area (Å²) in [6, 6.07) is 19.8. The van der Waals surface area contributed by atoms with Gasteiger partial charge in [-0.3, -0.25) is 9.59 Å². The molecule has 8 heteroatoms. The fraction of sp³-hybridized carbons (Fsp3) is 0.115. The molecule has 0 aliphatic heterocycles. The zero-order valence-electron chi connectivity index (χ0n) is 17.9. The molecule has 0 bridgehead atoms. The Bertz CT molecular complexity index is 1330. The summed E-state index contributed by atoms with van der Waals surface area (Å²) >= 11 is 9.20. The van der Waals surface area contributed by atoms with Crippen molar-refractivity contribution in [2.75, 3.05) is 6.61 Å². The number of fused-ring (bicyclic) bond motifs is 1. The van der Waals surface area contributed by atoms with Gasteiger partial charge in [0.25, 0.3) is 5.91 Å². The van der Waals surface area contributed by atoms with E-state index in [-0.39, 0.29) is 12.2 Å². The largest absolute Gasteiger partial charge is 0.456 e. The molecule has 0 saturated carbocycles. The van der Waals surface area contributed by atoms with Crippen LogP contribution < -0.4 is 5.32 Å². The molecule has 1 amide bonds. The molecule has 1 aromatic heterocycles. The van der Waals surface area contributed by atoms with E-state index in [0.29, 0.717) is 16.1 Å². The van der Waals surface area contributed by atoms with E-state index >= 15 is 0 Å². The van der Waals surface area contributed by atoms with Crippen molar-refractivity contribution in [3.05, 3.63) is 105 Å². The van der Waals surface area contributed by atoms with Crippen LogP contribution in [0.1, 0.15) is 26.3 Å². The van der Waals surface area contributed by atoms with Crippen LogP contribution in [-0.2, 0) is 16.0 Å². The number of benzene rings is 3. The van der Waals surface area contributed by atoms with E-state index in [0.717, 1.165) is 20.9 Å². The van der Waals surface area contributed by atoms with Gasteiger partial charge in [-0.15, -0.1) is 0 Å². The van der Waals surface area contributed by atoms with Crippen LogP contribution in [0.15, 0.2) is 83.5 Å². The summed E-state index contributed by atoms with van der Waals surface area (Å²) in [6.07, 6.45) is 2.00. The van der Waals surface area contributed by atoms with E-state index in [1.165, 1.54) is 0 Å². The lowest BCUT2D eigenvalue weighted by Crippen LogP contribution is -2.43. The Balaban J connectivity index is 1.51. The molecule has 3 aromatic carbocycles. The third-order valence-electron chi connectivity index (χ3n) is 5.31. The van der Waals surface area contributed by atoms with Crippen LogP contribution in [-0.4, -0.2) is 35.3 Å². The third-order valence-corrected chi connectivity index (χ3v) is 6.09. The number of rotatable bonds is 8. The van der Waals surface area contributed by atoms with E-state index < -0.39 is 24.5 Å². The Hall–Kier alpha value is -3.42. The molecule has 34 heavy (non-hydrogen) atoms. The van der Waals surface area contributed by atoms with Crippen molar-refractivity contribution >= 4 is 56.1 Å². The predicted octanol–water partition coefficient (Wildman–Crippen LogP) is 5.35. The molecular formula is C26H20BrClN2O4. The number of ether oxygens (including phenoxy) is 1. The highest BCUT2D eigenvalue weighted by atomic mass is 79.9. The molecule has 4 rings (SSSR count). The van der Waals surface area contributed by atoms with Crippen LogP contribution in [0.5, 0.6) is 0 Å². The van der Waals surface area contributed by atoms with E-state index in [9.17, 15) is 14.4 Å². The van der Waals surface area contributed by atoms with Crippen molar-refractivity contribution in [2.24, 2.45) is 0 Å². The maximum Gasteiger partial charge on any atom is 0.329 e. The van der Waals surface area contributed by atoms with Crippen LogP contribution in [0, 0.1) is 0 Å². The average molecular weight is 540 g/mol. The van der Waals surface area contributed by atoms with Crippen LogP contribution in [0.4, 0.5) is 0 Å². The second-order valence-electron chi connectivity index (χ2n) is 7.63. The topological polar surface area (TPSA) is 88.3 Å². The van der Waals surface area contributed by atoms with Gasteiger partial charge in [-0.1, -0.05) is 45.7 Å². The molecule has 0 fully saturated rings. The molecule has 6 nitrogen and oxygen atoms in total. The maximum absolute atomic E-state index is 13.0. The molecule has 1 heterocycles. The minimum absolute atomic E-state index is 0.195. The lowest BCUT2D eigenvalue weighted by atomic mass is 10.0. The normalized spacial score (nSPS) is 11.7. The van der Waals surface area contributed by atoms with Gasteiger partial charge in [0.2, 0.25) is 0 Å². The van der Waals surface area contributed by atoms with Crippen molar-refractivity contribution in [3.8, 4) is 0 Å². The number of H-pyrrole nitrogens is 1. The molecule has 0 spiro atoms. The summed E-state index contributed by atoms with van der Waals surface area (Å²) in [4.78, 5) is 41.4. The highest BCUT2D eigenvalue weighted by Gasteiger charge is 2.25. The SMILES string of the molecule is O=C(COC(=O)[C@H](Cc1c[nH]c2ccccc12)NC(=O)c1ccc(Br)cc1)c1ccc(Cl)cc1. The molecule has 0 aliphatic carbocycles. The summed E-state index contributed by atoms with van der Waals surface area (Å²) in [5, 5.41) is 4.20. The number of carbonyl (C=O) groups is 3. The molecule has 0 unspecified atom stereocenters.